The Morgan fingerprint density at radius 2 is 1.36 bits per heavy atom. The summed E-state index contributed by atoms with van der Waals surface area (Å²) in [6, 6.07) is 0. The van der Waals surface area contributed by atoms with Gasteiger partial charge >= 0.3 is 0 Å². The van der Waals surface area contributed by atoms with Crippen LogP contribution >= 0.6 is 0 Å². The molecule has 1 aliphatic heterocycles. The van der Waals surface area contributed by atoms with Crippen LogP contribution in [0.2, 0.25) is 0 Å². The molecule has 67 valence electrons. The van der Waals surface area contributed by atoms with Gasteiger partial charge in [0.1, 0.15) is 0 Å². The molecule has 1 aliphatic rings. The molecule has 0 amide bonds. The van der Waals surface area contributed by atoms with Gasteiger partial charge in [0.25, 0.3) is 0 Å². The van der Waals surface area contributed by atoms with Crippen molar-refractivity contribution in [3.63, 3.8) is 0 Å². The molecular weight excluding hydrogens is 175 g/mol. The monoisotopic (exact) mass is 195 g/mol. The second-order valence-corrected chi connectivity index (χ2v) is 3.28. The molecule has 0 unspecified atom stereocenters. The van der Waals surface area contributed by atoms with Crippen molar-refractivity contribution >= 4 is 0 Å². The molecule has 11 heavy (non-hydrogen) atoms. The van der Waals surface area contributed by atoms with Crippen LogP contribution in [0.25, 0.3) is 0 Å². The Bertz CT molecular complexity index is 73.6. The number of hydrogen-bond donors (Lipinski definition) is 0. The van der Waals surface area contributed by atoms with Gasteiger partial charge in [0, 0.05) is 31.8 Å². The molecule has 0 aromatic rings. The number of rotatable bonds is 0. The molecule has 1 radical (unpaired) electrons. The van der Waals surface area contributed by atoms with Gasteiger partial charge in [-0.1, -0.05) is 27.7 Å². The Morgan fingerprint density at radius 1 is 1.00 bits per heavy atom. The van der Waals surface area contributed by atoms with Crippen molar-refractivity contribution in [2.24, 2.45) is 5.41 Å². The Labute approximate surface area is 82.8 Å². The zero-order valence-electron chi connectivity index (χ0n) is 8.18. The summed E-state index contributed by atoms with van der Waals surface area (Å²) in [5.41, 5.74) is 0.554. The SMILES string of the molecule is CC.CC1(C)CCOCC1.[V]. The predicted octanol–water partition coefficient (Wildman–Crippen LogP) is 2.85. The molecule has 0 N–H and O–H groups in total. The molecule has 1 nitrogen and oxygen atoms in total. The van der Waals surface area contributed by atoms with Crippen LogP contribution in [0.3, 0.4) is 0 Å². The fourth-order valence-corrected chi connectivity index (χ4v) is 0.924. The van der Waals surface area contributed by atoms with Gasteiger partial charge in [0.05, 0.1) is 0 Å². The normalized spacial score (nSPS) is 20.7. The summed E-state index contributed by atoms with van der Waals surface area (Å²) in [5.74, 6) is 0. The van der Waals surface area contributed by atoms with Gasteiger partial charge in [-0.3, -0.25) is 0 Å². The summed E-state index contributed by atoms with van der Waals surface area (Å²) < 4.78 is 5.21. The Balaban J connectivity index is 0. The van der Waals surface area contributed by atoms with Gasteiger partial charge in [-0.05, 0) is 18.3 Å². The van der Waals surface area contributed by atoms with Crippen molar-refractivity contribution in [2.45, 2.75) is 40.5 Å². The van der Waals surface area contributed by atoms with Gasteiger partial charge in [-0.25, -0.2) is 0 Å². The van der Waals surface area contributed by atoms with Gasteiger partial charge in [-0.15, -0.1) is 0 Å². The van der Waals surface area contributed by atoms with E-state index in [1.807, 2.05) is 13.8 Å². The van der Waals surface area contributed by atoms with Gasteiger partial charge in [0.15, 0.2) is 0 Å². The Kier molecular flexibility index (Phi) is 9.23. The van der Waals surface area contributed by atoms with Crippen molar-refractivity contribution < 1.29 is 23.3 Å². The zero-order chi connectivity index (χ0) is 8.04. The van der Waals surface area contributed by atoms with Crippen LogP contribution in [0.5, 0.6) is 0 Å². The molecule has 2 heteroatoms. The van der Waals surface area contributed by atoms with Crippen LogP contribution in [0.15, 0.2) is 0 Å². The van der Waals surface area contributed by atoms with E-state index in [9.17, 15) is 0 Å². The minimum Gasteiger partial charge on any atom is -0.381 e. The van der Waals surface area contributed by atoms with Crippen LogP contribution in [0, 0.1) is 5.41 Å². The maximum Gasteiger partial charge on any atom is 0.0471 e. The van der Waals surface area contributed by atoms with Gasteiger partial charge in [-0.2, -0.15) is 0 Å². The smallest absolute Gasteiger partial charge is 0.0471 e. The first-order chi connectivity index (χ1) is 4.71. The second-order valence-electron chi connectivity index (χ2n) is 3.28. The topological polar surface area (TPSA) is 9.23 Å². The molecule has 1 rings (SSSR count). The third kappa shape index (κ3) is 6.92. The standard InChI is InChI=1S/C7H14O.C2H6.V/c1-7(2)3-5-8-6-4-7;1-2;/h3-6H2,1-2H3;1-2H3;. The Morgan fingerprint density at radius 3 is 1.55 bits per heavy atom. The summed E-state index contributed by atoms with van der Waals surface area (Å²) in [4.78, 5) is 0. The summed E-state index contributed by atoms with van der Waals surface area (Å²) in [7, 11) is 0. The molecular formula is C9H20OV. The van der Waals surface area contributed by atoms with Crippen LogP contribution in [-0.4, -0.2) is 13.2 Å². The minimum atomic E-state index is 0. The van der Waals surface area contributed by atoms with E-state index in [2.05, 4.69) is 13.8 Å². The van der Waals surface area contributed by atoms with Crippen LogP contribution in [0.1, 0.15) is 40.5 Å². The van der Waals surface area contributed by atoms with Crippen molar-refractivity contribution in [1.82, 2.24) is 0 Å². The van der Waals surface area contributed by atoms with E-state index >= 15 is 0 Å². The third-order valence-electron chi connectivity index (χ3n) is 1.85. The van der Waals surface area contributed by atoms with E-state index in [0.717, 1.165) is 13.2 Å². The van der Waals surface area contributed by atoms with Crippen LogP contribution in [0.4, 0.5) is 0 Å². The van der Waals surface area contributed by atoms with E-state index in [0.29, 0.717) is 5.41 Å². The third-order valence-corrected chi connectivity index (χ3v) is 1.85. The average molecular weight is 195 g/mol. The summed E-state index contributed by atoms with van der Waals surface area (Å²) in [5, 5.41) is 0. The molecule has 1 saturated heterocycles. The molecule has 0 saturated carbocycles. The molecule has 0 aliphatic carbocycles. The summed E-state index contributed by atoms with van der Waals surface area (Å²) in [6.45, 7) is 10.5. The van der Waals surface area contributed by atoms with E-state index in [1.165, 1.54) is 12.8 Å². The zero-order valence-corrected chi connectivity index (χ0v) is 9.58. The fourth-order valence-electron chi connectivity index (χ4n) is 0.924. The van der Waals surface area contributed by atoms with Gasteiger partial charge < -0.3 is 4.74 Å². The maximum atomic E-state index is 5.21. The van der Waals surface area contributed by atoms with E-state index < -0.39 is 0 Å². The average Bonchev–Trinajstić information content (AvgIpc) is 1.92. The minimum absolute atomic E-state index is 0. The largest absolute Gasteiger partial charge is 0.381 e. The quantitative estimate of drug-likeness (QED) is 0.577. The predicted molar refractivity (Wildman–Crippen MR) is 45.2 cm³/mol. The first kappa shape index (κ1) is 14.1. The van der Waals surface area contributed by atoms with Crippen molar-refractivity contribution in [3.05, 3.63) is 0 Å². The first-order valence-corrected chi connectivity index (χ1v) is 4.28. The van der Waals surface area contributed by atoms with Crippen LogP contribution in [-0.2, 0) is 23.3 Å². The first-order valence-electron chi connectivity index (χ1n) is 4.28. The summed E-state index contributed by atoms with van der Waals surface area (Å²) >= 11 is 0. The van der Waals surface area contributed by atoms with Crippen molar-refractivity contribution in [1.29, 1.82) is 0 Å². The maximum absolute atomic E-state index is 5.21. The van der Waals surface area contributed by atoms with E-state index in [1.54, 1.807) is 0 Å². The van der Waals surface area contributed by atoms with Gasteiger partial charge in [0.2, 0.25) is 0 Å². The molecule has 0 aromatic carbocycles. The molecule has 1 fully saturated rings. The van der Waals surface area contributed by atoms with Crippen molar-refractivity contribution in [3.8, 4) is 0 Å². The molecule has 0 atom stereocenters. The molecule has 1 heterocycles. The summed E-state index contributed by atoms with van der Waals surface area (Å²) in [6.07, 6.45) is 2.46. The van der Waals surface area contributed by atoms with Crippen LogP contribution < -0.4 is 0 Å². The molecule has 0 spiro atoms. The number of hydrogen-bond acceptors (Lipinski definition) is 1. The van der Waals surface area contributed by atoms with E-state index in [4.69, 9.17) is 4.74 Å². The Hall–Kier alpha value is 0.544. The number of ether oxygens (including phenoxy) is 1. The van der Waals surface area contributed by atoms with E-state index in [-0.39, 0.29) is 18.6 Å². The molecule has 0 aromatic heterocycles. The molecule has 0 bridgehead atoms. The fraction of sp³-hybridized carbons (Fsp3) is 1.00. The second kappa shape index (κ2) is 7.21. The van der Waals surface area contributed by atoms with Crippen molar-refractivity contribution in [2.75, 3.05) is 13.2 Å².